The summed E-state index contributed by atoms with van der Waals surface area (Å²) in [6, 6.07) is 9.80. The molecular weight excluding hydrogens is 584 g/mol. The van der Waals surface area contributed by atoms with Gasteiger partial charge in [0.25, 0.3) is 5.91 Å². The lowest BCUT2D eigenvalue weighted by atomic mass is 10.1. The van der Waals surface area contributed by atoms with E-state index in [0.717, 1.165) is 0 Å². The number of piperazine rings is 1. The average molecular weight is 617 g/mol. The molecule has 222 valence electrons. The molecule has 2 aromatic carbocycles. The van der Waals surface area contributed by atoms with E-state index >= 15 is 4.39 Å². The summed E-state index contributed by atoms with van der Waals surface area (Å²) in [5.41, 5.74) is 0.990. The van der Waals surface area contributed by atoms with Crippen molar-refractivity contribution in [2.45, 2.75) is 39.3 Å². The molecule has 1 aromatic heterocycles. The minimum Gasteiger partial charge on any atom is -0.444 e. The number of nitrogens with one attached hydrogen (secondary N) is 1. The Labute approximate surface area is 254 Å². The highest BCUT2D eigenvalue weighted by Crippen LogP contribution is 2.37. The molecule has 1 fully saturated rings. The Morgan fingerprint density at radius 2 is 1.86 bits per heavy atom. The summed E-state index contributed by atoms with van der Waals surface area (Å²) in [7, 11) is 1.78. The molecule has 3 aromatic rings. The molecule has 0 radical (unpaired) electrons. The highest BCUT2D eigenvalue weighted by atomic mass is 35.5. The predicted octanol–water partition coefficient (Wildman–Crippen LogP) is 6.17. The number of benzene rings is 2. The first-order valence-electron chi connectivity index (χ1n) is 13.5. The number of aromatic nitrogens is 2. The molecule has 13 heteroatoms. The summed E-state index contributed by atoms with van der Waals surface area (Å²) < 4.78 is 20.8. The van der Waals surface area contributed by atoms with Crippen LogP contribution in [-0.4, -0.2) is 71.9 Å². The van der Waals surface area contributed by atoms with Crippen molar-refractivity contribution in [1.29, 1.82) is 0 Å². The number of carbonyl (C=O) groups excluding carboxylic acids is 2. The second-order valence-electron chi connectivity index (χ2n) is 11.3. The molecule has 0 bridgehead atoms. The molecular formula is C29H32Cl2FN7O3. The number of anilines is 5. The number of carbonyl (C=O) groups is 2. The van der Waals surface area contributed by atoms with Gasteiger partial charge in [-0.05, 0) is 58.0 Å². The Bertz CT molecular complexity index is 1510. The smallest absolute Gasteiger partial charge is 0.410 e. The van der Waals surface area contributed by atoms with Gasteiger partial charge >= 0.3 is 6.09 Å². The van der Waals surface area contributed by atoms with Crippen LogP contribution in [0.5, 0.6) is 0 Å². The Morgan fingerprint density at radius 3 is 2.50 bits per heavy atom. The number of nitrogens with zero attached hydrogens (tertiary/aromatic N) is 6. The number of rotatable bonds is 4. The number of hydrogen-bond acceptors (Lipinski definition) is 8. The third-order valence-corrected chi connectivity index (χ3v) is 7.60. The molecule has 1 N–H and O–H groups in total. The van der Waals surface area contributed by atoms with Crippen molar-refractivity contribution in [3.05, 3.63) is 64.0 Å². The summed E-state index contributed by atoms with van der Waals surface area (Å²) in [5.74, 6) is -0.295. The Morgan fingerprint density at radius 1 is 1.14 bits per heavy atom. The lowest BCUT2D eigenvalue weighted by Gasteiger charge is -2.41. The van der Waals surface area contributed by atoms with Gasteiger partial charge in [-0.2, -0.15) is 4.98 Å². The fourth-order valence-corrected chi connectivity index (χ4v) is 5.59. The Kier molecular flexibility index (Phi) is 8.08. The molecule has 0 saturated carbocycles. The molecule has 3 heterocycles. The lowest BCUT2D eigenvalue weighted by molar-refractivity contribution is 0.0159. The average Bonchev–Trinajstić information content (AvgIpc) is 2.91. The van der Waals surface area contributed by atoms with Crippen molar-refractivity contribution in [3.8, 4) is 0 Å². The van der Waals surface area contributed by atoms with E-state index in [0.29, 0.717) is 46.9 Å². The third-order valence-electron chi connectivity index (χ3n) is 6.99. The van der Waals surface area contributed by atoms with Crippen LogP contribution in [0.1, 0.15) is 38.1 Å². The van der Waals surface area contributed by atoms with E-state index in [1.165, 1.54) is 17.2 Å². The molecule has 1 unspecified atom stereocenters. The van der Waals surface area contributed by atoms with Gasteiger partial charge in [-0.1, -0.05) is 29.3 Å². The van der Waals surface area contributed by atoms with Gasteiger partial charge in [-0.15, -0.1) is 0 Å². The number of halogens is 3. The quantitative estimate of drug-likeness (QED) is 0.373. The number of para-hydroxylation sites is 1. The zero-order valence-corrected chi connectivity index (χ0v) is 25.5. The van der Waals surface area contributed by atoms with Crippen LogP contribution in [0.25, 0.3) is 0 Å². The van der Waals surface area contributed by atoms with Crippen LogP contribution in [0.2, 0.25) is 10.0 Å². The van der Waals surface area contributed by atoms with E-state index in [-0.39, 0.29) is 41.9 Å². The molecule has 0 spiro atoms. The monoisotopic (exact) mass is 615 g/mol. The molecule has 10 nitrogen and oxygen atoms in total. The van der Waals surface area contributed by atoms with Gasteiger partial charge in [0.2, 0.25) is 5.95 Å². The number of ether oxygens (including phenoxy) is 1. The summed E-state index contributed by atoms with van der Waals surface area (Å²) in [6.45, 7) is 9.16. The van der Waals surface area contributed by atoms with Crippen molar-refractivity contribution in [3.63, 3.8) is 0 Å². The second kappa shape index (κ2) is 11.4. The summed E-state index contributed by atoms with van der Waals surface area (Å²) in [6.07, 6.45) is 1.05. The fraction of sp³-hybridized carbons (Fsp3) is 0.379. The maximum Gasteiger partial charge on any atom is 0.410 e. The standard InChI is InChI=1S/C29H32Cl2FN7O3/c1-17-15-37(11-12-38(17)28(41)42-29(2,3)4)18-9-10-23(22(32)13-18)34-27-33-14-19-25(35-27)36(5)16-39(26(19)40)24-20(30)7-6-8-21(24)31/h6-10,13-14,17H,11-12,15-16H2,1-5H3,(H,33,34,35). The molecule has 5 rings (SSSR count). The van der Waals surface area contributed by atoms with Crippen LogP contribution in [0.4, 0.5) is 38.0 Å². The van der Waals surface area contributed by atoms with Gasteiger partial charge in [0, 0.05) is 44.6 Å². The van der Waals surface area contributed by atoms with Crippen molar-refractivity contribution < 1.29 is 18.7 Å². The maximum absolute atomic E-state index is 15.2. The van der Waals surface area contributed by atoms with Crippen molar-refractivity contribution in [1.82, 2.24) is 14.9 Å². The first kappa shape index (κ1) is 29.7. The molecule has 2 amide bonds. The second-order valence-corrected chi connectivity index (χ2v) is 12.1. The van der Waals surface area contributed by atoms with E-state index in [2.05, 4.69) is 15.3 Å². The highest BCUT2D eigenvalue weighted by molar-refractivity contribution is 6.40. The summed E-state index contributed by atoms with van der Waals surface area (Å²) in [4.78, 5) is 41.6. The molecule has 0 aliphatic carbocycles. The van der Waals surface area contributed by atoms with Crippen molar-refractivity contribution in [2.75, 3.05) is 53.4 Å². The fourth-order valence-electron chi connectivity index (χ4n) is 4.99. The lowest BCUT2D eigenvalue weighted by Crippen LogP contribution is -2.55. The van der Waals surface area contributed by atoms with Crippen molar-refractivity contribution >= 4 is 64.0 Å². The van der Waals surface area contributed by atoms with E-state index in [1.807, 2.05) is 32.6 Å². The molecule has 2 aliphatic rings. The number of fused-ring (bicyclic) bond motifs is 1. The van der Waals surface area contributed by atoms with Gasteiger partial charge in [0.15, 0.2) is 0 Å². The SMILES string of the molecule is CC1CN(c2ccc(Nc3ncc4c(n3)N(C)CN(c3c(Cl)cccc3Cl)C4=O)c(F)c2)CCN1C(=O)OC(C)(C)C. The van der Waals surface area contributed by atoms with Gasteiger partial charge in [-0.25, -0.2) is 14.2 Å². The van der Waals surface area contributed by atoms with Crippen molar-refractivity contribution in [2.24, 2.45) is 0 Å². The van der Waals surface area contributed by atoms with Gasteiger partial charge in [0.05, 0.1) is 28.1 Å². The van der Waals surface area contributed by atoms with Gasteiger partial charge in [-0.3, -0.25) is 9.69 Å². The van der Waals surface area contributed by atoms with Crippen LogP contribution >= 0.6 is 23.2 Å². The molecule has 1 saturated heterocycles. The molecule has 2 aliphatic heterocycles. The van der Waals surface area contributed by atoms with E-state index in [1.54, 1.807) is 47.2 Å². The predicted molar refractivity (Wildman–Crippen MR) is 163 cm³/mol. The first-order valence-corrected chi connectivity index (χ1v) is 14.2. The van der Waals surface area contributed by atoms with E-state index < -0.39 is 11.4 Å². The Balaban J connectivity index is 1.29. The maximum atomic E-state index is 15.2. The molecule has 42 heavy (non-hydrogen) atoms. The molecule has 1 atom stereocenters. The minimum absolute atomic E-state index is 0.108. The first-order chi connectivity index (χ1) is 19.8. The highest BCUT2D eigenvalue weighted by Gasteiger charge is 2.33. The minimum atomic E-state index is -0.572. The topological polar surface area (TPSA) is 94.1 Å². The normalized spacial score (nSPS) is 17.3. The largest absolute Gasteiger partial charge is 0.444 e. The van der Waals surface area contributed by atoms with E-state index in [4.69, 9.17) is 27.9 Å². The van der Waals surface area contributed by atoms with Gasteiger partial charge < -0.3 is 24.8 Å². The zero-order valence-electron chi connectivity index (χ0n) is 24.0. The number of amides is 2. The zero-order chi connectivity index (χ0) is 30.3. The summed E-state index contributed by atoms with van der Waals surface area (Å²) >= 11 is 12.7. The third kappa shape index (κ3) is 6.03. The van der Waals surface area contributed by atoms with Gasteiger partial charge in [0.1, 0.15) is 22.8 Å². The van der Waals surface area contributed by atoms with Crippen LogP contribution in [0.15, 0.2) is 42.6 Å². The van der Waals surface area contributed by atoms with E-state index in [9.17, 15) is 9.59 Å². The summed E-state index contributed by atoms with van der Waals surface area (Å²) in [5, 5.41) is 3.63. The van der Waals surface area contributed by atoms with Crippen LogP contribution < -0.4 is 20.0 Å². The van der Waals surface area contributed by atoms with Crippen LogP contribution in [-0.2, 0) is 4.74 Å². The van der Waals surface area contributed by atoms with Crippen LogP contribution in [0, 0.1) is 5.82 Å². The Hall–Kier alpha value is -3.83. The number of hydrogen-bond donors (Lipinski definition) is 1. The van der Waals surface area contributed by atoms with Crippen LogP contribution in [0.3, 0.4) is 0 Å².